The van der Waals surface area contributed by atoms with Crippen LogP contribution in [0.25, 0.3) is 22.2 Å². The van der Waals surface area contributed by atoms with Crippen molar-refractivity contribution in [1.29, 1.82) is 0 Å². The van der Waals surface area contributed by atoms with Gasteiger partial charge in [-0.3, -0.25) is 4.98 Å². The van der Waals surface area contributed by atoms with Gasteiger partial charge in [0.25, 0.3) is 0 Å². The summed E-state index contributed by atoms with van der Waals surface area (Å²) in [7, 11) is 0. The summed E-state index contributed by atoms with van der Waals surface area (Å²) in [5.41, 5.74) is 9.55. The van der Waals surface area contributed by atoms with Gasteiger partial charge in [-0.15, -0.1) is 0 Å². The lowest BCUT2D eigenvalue weighted by molar-refractivity contribution is 1.22. The zero-order valence-corrected chi connectivity index (χ0v) is 9.96. The normalized spacial score (nSPS) is 10.7. The molecule has 0 atom stereocenters. The van der Waals surface area contributed by atoms with E-state index in [4.69, 9.17) is 5.73 Å². The van der Waals surface area contributed by atoms with E-state index >= 15 is 0 Å². The molecular formula is C14H12N4. The van der Waals surface area contributed by atoms with E-state index in [2.05, 4.69) is 15.0 Å². The van der Waals surface area contributed by atoms with Crippen LogP contribution < -0.4 is 5.73 Å². The molecule has 0 fully saturated rings. The van der Waals surface area contributed by atoms with E-state index in [1.54, 1.807) is 12.4 Å². The van der Waals surface area contributed by atoms with Crippen molar-refractivity contribution in [3.8, 4) is 11.3 Å². The van der Waals surface area contributed by atoms with Crippen molar-refractivity contribution in [2.24, 2.45) is 0 Å². The molecule has 3 rings (SSSR count). The third-order valence-electron chi connectivity index (χ3n) is 2.88. The van der Waals surface area contributed by atoms with Crippen LogP contribution in [-0.4, -0.2) is 15.0 Å². The first kappa shape index (κ1) is 10.7. The van der Waals surface area contributed by atoms with Gasteiger partial charge in [-0.25, -0.2) is 9.97 Å². The number of benzene rings is 1. The Kier molecular flexibility index (Phi) is 2.41. The molecule has 4 nitrogen and oxygen atoms in total. The van der Waals surface area contributed by atoms with E-state index in [1.165, 1.54) is 0 Å². The molecule has 0 spiro atoms. The number of nitrogen functional groups attached to an aromatic ring is 1. The van der Waals surface area contributed by atoms with Gasteiger partial charge in [0.1, 0.15) is 0 Å². The summed E-state index contributed by atoms with van der Waals surface area (Å²) in [6.07, 6.45) is 3.52. The molecule has 0 unspecified atom stereocenters. The average Bonchev–Trinajstić information content (AvgIpc) is 2.39. The minimum absolute atomic E-state index is 0.284. The van der Waals surface area contributed by atoms with Crippen molar-refractivity contribution < 1.29 is 0 Å². The number of aryl methyl sites for hydroxylation is 1. The second-order valence-corrected chi connectivity index (χ2v) is 4.14. The first-order valence-electron chi connectivity index (χ1n) is 5.69. The highest BCUT2D eigenvalue weighted by molar-refractivity contribution is 5.95. The largest absolute Gasteiger partial charge is 0.368 e. The summed E-state index contributed by atoms with van der Waals surface area (Å²) in [6.45, 7) is 2.04. The number of fused-ring (bicyclic) bond motifs is 1. The summed E-state index contributed by atoms with van der Waals surface area (Å²) < 4.78 is 0. The number of pyridine rings is 1. The average molecular weight is 236 g/mol. The van der Waals surface area contributed by atoms with Gasteiger partial charge in [0.2, 0.25) is 5.95 Å². The molecule has 2 N–H and O–H groups in total. The summed E-state index contributed by atoms with van der Waals surface area (Å²) in [5.74, 6) is 0.284. The lowest BCUT2D eigenvalue weighted by Crippen LogP contribution is -1.99. The van der Waals surface area contributed by atoms with E-state index in [1.807, 2.05) is 37.3 Å². The van der Waals surface area contributed by atoms with Gasteiger partial charge in [-0.05, 0) is 30.7 Å². The molecule has 88 valence electrons. The van der Waals surface area contributed by atoms with Crippen LogP contribution >= 0.6 is 0 Å². The van der Waals surface area contributed by atoms with Gasteiger partial charge in [-0.2, -0.15) is 0 Å². The number of hydrogen-bond acceptors (Lipinski definition) is 4. The Balaban J connectivity index is 2.41. The van der Waals surface area contributed by atoms with Crippen LogP contribution in [0, 0.1) is 6.92 Å². The Morgan fingerprint density at radius 2 is 1.94 bits per heavy atom. The Morgan fingerprint density at radius 3 is 2.72 bits per heavy atom. The predicted octanol–water partition coefficient (Wildman–Crippen LogP) is 2.58. The Morgan fingerprint density at radius 1 is 1.06 bits per heavy atom. The maximum absolute atomic E-state index is 5.77. The van der Waals surface area contributed by atoms with Crippen LogP contribution in [0.5, 0.6) is 0 Å². The van der Waals surface area contributed by atoms with Crippen molar-refractivity contribution in [2.45, 2.75) is 6.92 Å². The molecule has 0 saturated heterocycles. The van der Waals surface area contributed by atoms with Crippen LogP contribution in [-0.2, 0) is 0 Å². The quantitative estimate of drug-likeness (QED) is 0.705. The zero-order chi connectivity index (χ0) is 12.5. The maximum atomic E-state index is 5.77. The number of nitrogens with two attached hydrogens (primary N) is 1. The topological polar surface area (TPSA) is 64.7 Å². The minimum Gasteiger partial charge on any atom is -0.368 e. The zero-order valence-electron chi connectivity index (χ0n) is 9.96. The van der Waals surface area contributed by atoms with Crippen LogP contribution in [0.1, 0.15) is 5.56 Å². The van der Waals surface area contributed by atoms with Crippen LogP contribution in [0.3, 0.4) is 0 Å². The molecule has 0 bridgehead atoms. The number of aromatic nitrogens is 3. The lowest BCUT2D eigenvalue weighted by atomic mass is 10.0. The smallest absolute Gasteiger partial charge is 0.221 e. The fraction of sp³-hybridized carbons (Fsp3) is 0.0714. The lowest BCUT2D eigenvalue weighted by Gasteiger charge is -2.08. The Labute approximate surface area is 105 Å². The van der Waals surface area contributed by atoms with E-state index in [0.717, 1.165) is 27.7 Å². The molecule has 3 aromatic rings. The van der Waals surface area contributed by atoms with Gasteiger partial charge in [0.15, 0.2) is 0 Å². The number of nitrogens with zero attached hydrogens (tertiary/aromatic N) is 3. The monoisotopic (exact) mass is 236 g/mol. The van der Waals surface area contributed by atoms with E-state index in [-0.39, 0.29) is 5.95 Å². The van der Waals surface area contributed by atoms with Crippen molar-refractivity contribution >= 4 is 16.9 Å². The summed E-state index contributed by atoms with van der Waals surface area (Å²) >= 11 is 0. The standard InChI is InChI=1S/C14H12N4/c1-9-4-2-6-11-12(9)13(18-14(15)17-11)10-5-3-7-16-8-10/h2-8H,1H3,(H2,15,17,18). The highest BCUT2D eigenvalue weighted by Gasteiger charge is 2.10. The molecule has 2 aromatic heterocycles. The molecule has 0 saturated carbocycles. The van der Waals surface area contributed by atoms with Gasteiger partial charge < -0.3 is 5.73 Å². The second kappa shape index (κ2) is 4.07. The summed E-state index contributed by atoms with van der Waals surface area (Å²) in [5, 5.41) is 1.03. The predicted molar refractivity (Wildman–Crippen MR) is 71.9 cm³/mol. The maximum Gasteiger partial charge on any atom is 0.221 e. The minimum atomic E-state index is 0.284. The van der Waals surface area contributed by atoms with Crippen molar-refractivity contribution in [3.05, 3.63) is 48.3 Å². The molecule has 0 amide bonds. The van der Waals surface area contributed by atoms with Crippen LogP contribution in [0.15, 0.2) is 42.7 Å². The first-order valence-corrected chi connectivity index (χ1v) is 5.69. The van der Waals surface area contributed by atoms with Crippen molar-refractivity contribution in [3.63, 3.8) is 0 Å². The highest BCUT2D eigenvalue weighted by atomic mass is 15.0. The summed E-state index contributed by atoms with van der Waals surface area (Å²) in [4.78, 5) is 12.8. The van der Waals surface area contributed by atoms with Gasteiger partial charge in [-0.1, -0.05) is 12.1 Å². The van der Waals surface area contributed by atoms with E-state index in [9.17, 15) is 0 Å². The second-order valence-electron chi connectivity index (χ2n) is 4.14. The first-order chi connectivity index (χ1) is 8.75. The van der Waals surface area contributed by atoms with Crippen molar-refractivity contribution in [1.82, 2.24) is 15.0 Å². The molecule has 2 heterocycles. The highest BCUT2D eigenvalue weighted by Crippen LogP contribution is 2.28. The third kappa shape index (κ3) is 1.68. The fourth-order valence-electron chi connectivity index (χ4n) is 2.08. The van der Waals surface area contributed by atoms with Gasteiger partial charge in [0, 0.05) is 23.3 Å². The molecule has 4 heteroatoms. The SMILES string of the molecule is Cc1cccc2nc(N)nc(-c3cccnc3)c12. The van der Waals surface area contributed by atoms with Gasteiger partial charge >= 0.3 is 0 Å². The van der Waals surface area contributed by atoms with Crippen LogP contribution in [0.2, 0.25) is 0 Å². The molecule has 0 aliphatic heterocycles. The molecule has 0 radical (unpaired) electrons. The van der Waals surface area contributed by atoms with E-state index in [0.29, 0.717) is 0 Å². The fourth-order valence-corrected chi connectivity index (χ4v) is 2.08. The molecule has 0 aliphatic carbocycles. The molecule has 18 heavy (non-hydrogen) atoms. The molecular weight excluding hydrogens is 224 g/mol. The van der Waals surface area contributed by atoms with Gasteiger partial charge in [0.05, 0.1) is 11.2 Å². The Hall–Kier alpha value is -2.49. The molecule has 0 aliphatic rings. The summed E-state index contributed by atoms with van der Waals surface area (Å²) in [6, 6.07) is 9.82. The number of rotatable bonds is 1. The number of anilines is 1. The van der Waals surface area contributed by atoms with E-state index < -0.39 is 0 Å². The van der Waals surface area contributed by atoms with Crippen LogP contribution in [0.4, 0.5) is 5.95 Å². The third-order valence-corrected chi connectivity index (χ3v) is 2.88. The van der Waals surface area contributed by atoms with Crippen molar-refractivity contribution in [2.75, 3.05) is 5.73 Å². The number of hydrogen-bond donors (Lipinski definition) is 1. The Bertz CT molecular complexity index is 708. The molecule has 1 aromatic carbocycles.